The normalized spacial score (nSPS) is 12.2. The summed E-state index contributed by atoms with van der Waals surface area (Å²) in [5, 5.41) is 9.40. The lowest BCUT2D eigenvalue weighted by Crippen LogP contribution is -2.10. The molecule has 0 aliphatic carbocycles. The first kappa shape index (κ1) is 19.9. The second-order valence-corrected chi connectivity index (χ2v) is 8.05. The Balaban J connectivity index is 1.50. The zero-order valence-electron chi connectivity index (χ0n) is 17.1. The number of aromatic nitrogens is 5. The van der Waals surface area contributed by atoms with Gasteiger partial charge in [0.1, 0.15) is 12.4 Å². The van der Waals surface area contributed by atoms with Crippen molar-refractivity contribution in [2.75, 3.05) is 7.11 Å². The molecule has 2 aromatic heterocycles. The van der Waals surface area contributed by atoms with E-state index < -0.39 is 0 Å². The third-order valence-corrected chi connectivity index (χ3v) is 5.82. The van der Waals surface area contributed by atoms with Crippen LogP contribution in [0.15, 0.2) is 48.8 Å². The van der Waals surface area contributed by atoms with Crippen molar-refractivity contribution < 1.29 is 9.13 Å². The third-order valence-electron chi connectivity index (χ3n) is 5.59. The van der Waals surface area contributed by atoms with Crippen molar-refractivity contribution in [3.8, 4) is 17.1 Å². The Morgan fingerprint density at radius 2 is 2.03 bits per heavy atom. The van der Waals surface area contributed by atoms with Crippen LogP contribution in [0, 0.1) is 5.82 Å². The Labute approximate surface area is 184 Å². The Morgan fingerprint density at radius 1 is 1.13 bits per heavy atom. The first-order valence-corrected chi connectivity index (χ1v) is 10.5. The number of hydrogen-bond acceptors (Lipinski definition) is 4. The maximum absolute atomic E-state index is 13.5. The highest BCUT2D eigenvalue weighted by Gasteiger charge is 2.25. The van der Waals surface area contributed by atoms with E-state index >= 15 is 0 Å². The summed E-state index contributed by atoms with van der Waals surface area (Å²) in [5.41, 5.74) is 4.97. The summed E-state index contributed by atoms with van der Waals surface area (Å²) in [7, 11) is 1.64. The van der Waals surface area contributed by atoms with E-state index in [9.17, 15) is 4.39 Å². The van der Waals surface area contributed by atoms with Gasteiger partial charge in [-0.1, -0.05) is 23.7 Å². The highest BCUT2D eigenvalue weighted by molar-refractivity contribution is 6.31. The first-order chi connectivity index (χ1) is 15.1. The Morgan fingerprint density at radius 3 is 2.87 bits per heavy atom. The van der Waals surface area contributed by atoms with Crippen LogP contribution in [0.5, 0.6) is 0 Å². The molecule has 0 bridgehead atoms. The number of imidazole rings is 1. The van der Waals surface area contributed by atoms with Crippen LogP contribution in [0.2, 0.25) is 5.02 Å². The lowest BCUT2D eigenvalue weighted by atomic mass is 10.1. The summed E-state index contributed by atoms with van der Waals surface area (Å²) in [5.74, 6) is 1.32. The molecule has 0 saturated heterocycles. The predicted octanol–water partition coefficient (Wildman–Crippen LogP) is 4.61. The maximum Gasteiger partial charge on any atom is 0.166 e. The number of fused-ring (bicyclic) bond motifs is 5. The van der Waals surface area contributed by atoms with Gasteiger partial charge in [-0.05, 0) is 55.2 Å². The fraction of sp³-hybridized carbons (Fsp3) is 0.261. The van der Waals surface area contributed by atoms with Crippen molar-refractivity contribution in [1.82, 2.24) is 24.3 Å². The summed E-state index contributed by atoms with van der Waals surface area (Å²) in [6, 6.07) is 12.5. The fourth-order valence-electron chi connectivity index (χ4n) is 4.13. The minimum absolute atomic E-state index is 0.200. The minimum Gasteiger partial charge on any atom is -0.377 e. The molecule has 1 aliphatic heterocycles. The molecule has 0 spiro atoms. The van der Waals surface area contributed by atoms with E-state index in [0.717, 1.165) is 59.1 Å². The van der Waals surface area contributed by atoms with Crippen LogP contribution in [0.4, 0.5) is 4.39 Å². The first-order valence-electron chi connectivity index (χ1n) is 10.1. The standard InChI is InChI=1S/C23H21ClFN5O/c1-31-13-22-27-28-23-18-11-16(24)8-9-20(18)30-14-26-19(21(30)12-29(22)23)7-3-5-15-4-2-6-17(25)10-15/h2,4,6,8-11,14H,3,5,7,12-13H2,1H3. The molecular formula is C23H21ClFN5O. The van der Waals surface area contributed by atoms with Gasteiger partial charge in [0, 0.05) is 17.7 Å². The molecule has 0 unspecified atom stereocenters. The summed E-state index contributed by atoms with van der Waals surface area (Å²) in [4.78, 5) is 4.71. The molecule has 0 saturated carbocycles. The summed E-state index contributed by atoms with van der Waals surface area (Å²) >= 11 is 6.30. The molecule has 0 N–H and O–H groups in total. The zero-order valence-corrected chi connectivity index (χ0v) is 17.8. The number of benzene rings is 2. The van der Waals surface area contributed by atoms with E-state index in [1.165, 1.54) is 6.07 Å². The molecule has 8 heteroatoms. The Bertz CT molecular complexity index is 1250. The largest absolute Gasteiger partial charge is 0.377 e. The summed E-state index contributed by atoms with van der Waals surface area (Å²) in [6.07, 6.45) is 4.32. The number of hydrogen-bond donors (Lipinski definition) is 0. The lowest BCUT2D eigenvalue weighted by molar-refractivity contribution is 0.174. The highest BCUT2D eigenvalue weighted by atomic mass is 35.5. The van der Waals surface area contributed by atoms with Crippen molar-refractivity contribution in [2.45, 2.75) is 32.4 Å². The van der Waals surface area contributed by atoms with E-state index in [1.54, 1.807) is 19.2 Å². The number of halogens is 2. The number of methoxy groups -OCH3 is 1. The average molecular weight is 438 g/mol. The topological polar surface area (TPSA) is 57.8 Å². The molecule has 0 atom stereocenters. The van der Waals surface area contributed by atoms with Crippen LogP contribution >= 0.6 is 11.6 Å². The van der Waals surface area contributed by atoms with Gasteiger partial charge in [-0.15, -0.1) is 10.2 Å². The third kappa shape index (κ3) is 3.75. The number of aryl methyl sites for hydroxylation is 2. The Kier molecular flexibility index (Phi) is 5.29. The molecule has 5 rings (SSSR count). The second kappa shape index (κ2) is 8.24. The van der Waals surface area contributed by atoms with E-state index in [2.05, 4.69) is 19.3 Å². The fourth-order valence-corrected chi connectivity index (χ4v) is 4.30. The molecule has 31 heavy (non-hydrogen) atoms. The second-order valence-electron chi connectivity index (χ2n) is 7.61. The molecule has 0 amide bonds. The zero-order chi connectivity index (χ0) is 21.4. The van der Waals surface area contributed by atoms with Gasteiger partial charge in [-0.2, -0.15) is 0 Å². The molecule has 158 valence electrons. The van der Waals surface area contributed by atoms with Crippen LogP contribution < -0.4 is 0 Å². The number of nitrogens with zero attached hydrogens (tertiary/aromatic N) is 5. The molecule has 6 nitrogen and oxygen atoms in total. The van der Waals surface area contributed by atoms with Crippen LogP contribution in [0.25, 0.3) is 17.1 Å². The molecule has 0 fully saturated rings. The van der Waals surface area contributed by atoms with Crippen molar-refractivity contribution in [3.05, 3.63) is 82.4 Å². The number of rotatable bonds is 6. The van der Waals surface area contributed by atoms with Gasteiger partial charge >= 0.3 is 0 Å². The van der Waals surface area contributed by atoms with Gasteiger partial charge in [-0.3, -0.25) is 0 Å². The van der Waals surface area contributed by atoms with Crippen LogP contribution in [-0.4, -0.2) is 31.4 Å². The number of ether oxygens (including phenoxy) is 1. The predicted molar refractivity (Wildman–Crippen MR) is 116 cm³/mol. The van der Waals surface area contributed by atoms with Crippen LogP contribution in [0.3, 0.4) is 0 Å². The van der Waals surface area contributed by atoms with Crippen molar-refractivity contribution in [1.29, 1.82) is 0 Å². The van der Waals surface area contributed by atoms with E-state index in [4.69, 9.17) is 21.3 Å². The minimum atomic E-state index is -0.200. The van der Waals surface area contributed by atoms with Crippen LogP contribution in [-0.2, 0) is 30.7 Å². The van der Waals surface area contributed by atoms with Gasteiger partial charge in [0.15, 0.2) is 11.6 Å². The van der Waals surface area contributed by atoms with Crippen LogP contribution in [0.1, 0.15) is 29.2 Å². The molecule has 0 radical (unpaired) electrons. The molecule has 1 aliphatic rings. The van der Waals surface area contributed by atoms with Gasteiger partial charge in [-0.25, -0.2) is 9.37 Å². The summed E-state index contributed by atoms with van der Waals surface area (Å²) < 4.78 is 23.0. The molecular weight excluding hydrogens is 417 g/mol. The maximum atomic E-state index is 13.5. The molecule has 3 heterocycles. The highest BCUT2D eigenvalue weighted by Crippen LogP contribution is 2.34. The lowest BCUT2D eigenvalue weighted by Gasteiger charge is -2.10. The Hall–Kier alpha value is -3.03. The van der Waals surface area contributed by atoms with Crippen molar-refractivity contribution >= 4 is 11.6 Å². The van der Waals surface area contributed by atoms with E-state index in [0.29, 0.717) is 18.2 Å². The molecule has 2 aromatic carbocycles. The van der Waals surface area contributed by atoms with Crippen molar-refractivity contribution in [3.63, 3.8) is 0 Å². The van der Waals surface area contributed by atoms with Gasteiger partial charge in [0.2, 0.25) is 0 Å². The van der Waals surface area contributed by atoms with Gasteiger partial charge in [0.25, 0.3) is 0 Å². The summed E-state index contributed by atoms with van der Waals surface area (Å²) in [6.45, 7) is 0.953. The monoisotopic (exact) mass is 437 g/mol. The van der Waals surface area contributed by atoms with Gasteiger partial charge in [0.05, 0.1) is 29.9 Å². The van der Waals surface area contributed by atoms with E-state index in [1.807, 2.05) is 30.6 Å². The van der Waals surface area contributed by atoms with Gasteiger partial charge < -0.3 is 13.9 Å². The van der Waals surface area contributed by atoms with E-state index in [-0.39, 0.29) is 5.82 Å². The molecule has 4 aromatic rings. The quantitative estimate of drug-likeness (QED) is 0.389. The average Bonchev–Trinajstić information content (AvgIpc) is 3.30. The van der Waals surface area contributed by atoms with Crippen molar-refractivity contribution in [2.24, 2.45) is 0 Å². The smallest absolute Gasteiger partial charge is 0.166 e. The SMILES string of the molecule is COCc1nnc2n1Cc1c(CCCc3cccc(F)c3)ncn1-c1ccc(Cl)cc1-2.